The molecule has 0 bridgehead atoms. The number of carboxylic acids is 1. The Balaban J connectivity index is 2.23. The van der Waals surface area contributed by atoms with Crippen molar-refractivity contribution in [3.63, 3.8) is 0 Å². The van der Waals surface area contributed by atoms with Gasteiger partial charge in [-0.05, 0) is 12.1 Å². The highest BCUT2D eigenvalue weighted by Crippen LogP contribution is 2.09. The van der Waals surface area contributed by atoms with Crippen LogP contribution in [0.25, 0.3) is 11.0 Å². The van der Waals surface area contributed by atoms with Crippen LogP contribution in [0.1, 0.15) is 12.6 Å². The highest BCUT2D eigenvalue weighted by molar-refractivity contribution is 5.82. The molecule has 0 saturated carbocycles. The van der Waals surface area contributed by atoms with Gasteiger partial charge in [-0.1, -0.05) is 12.1 Å². The van der Waals surface area contributed by atoms with Gasteiger partial charge in [0.1, 0.15) is 6.04 Å². The van der Waals surface area contributed by atoms with E-state index in [2.05, 4.69) is 15.3 Å². The molecule has 2 rings (SSSR count). The minimum atomic E-state index is -1.09. The third-order valence-corrected chi connectivity index (χ3v) is 2.59. The van der Waals surface area contributed by atoms with Gasteiger partial charge in [0, 0.05) is 19.5 Å². The number of hydrogen-bond donors (Lipinski definition) is 2. The maximum atomic E-state index is 11.0. The van der Waals surface area contributed by atoms with Crippen LogP contribution in [0.4, 0.5) is 0 Å². The number of aliphatic carboxylic acids is 1. The zero-order valence-corrected chi connectivity index (χ0v) is 10.3. The number of amides is 1. The van der Waals surface area contributed by atoms with Crippen LogP contribution < -0.4 is 5.32 Å². The zero-order valence-electron chi connectivity index (χ0n) is 10.3. The number of hydrogen-bond acceptors (Lipinski definition) is 4. The Kier molecular flexibility index (Phi) is 3.70. The summed E-state index contributed by atoms with van der Waals surface area (Å²) in [5, 5.41) is 11.4. The number of nitrogens with zero attached hydrogens (tertiary/aromatic N) is 2. The van der Waals surface area contributed by atoms with E-state index in [0.717, 1.165) is 5.52 Å². The monoisotopic (exact) mass is 259 g/mol. The molecule has 1 amide bonds. The van der Waals surface area contributed by atoms with Crippen molar-refractivity contribution in [2.75, 3.05) is 0 Å². The van der Waals surface area contributed by atoms with Crippen LogP contribution in [-0.2, 0) is 16.0 Å². The summed E-state index contributed by atoms with van der Waals surface area (Å²) in [5.41, 5.74) is 1.98. The van der Waals surface area contributed by atoms with Crippen molar-refractivity contribution in [3.05, 3.63) is 36.2 Å². The van der Waals surface area contributed by atoms with E-state index in [9.17, 15) is 9.59 Å². The zero-order chi connectivity index (χ0) is 13.8. The molecule has 1 aromatic heterocycles. The van der Waals surface area contributed by atoms with Crippen LogP contribution in [0, 0.1) is 0 Å². The molecule has 0 aliphatic heterocycles. The smallest absolute Gasteiger partial charge is 0.326 e. The van der Waals surface area contributed by atoms with E-state index in [1.54, 1.807) is 6.07 Å². The lowest BCUT2D eigenvalue weighted by Crippen LogP contribution is -2.41. The lowest BCUT2D eigenvalue weighted by Gasteiger charge is -2.12. The number of carbonyl (C=O) groups is 2. The molecule has 0 spiro atoms. The first kappa shape index (κ1) is 12.9. The minimum Gasteiger partial charge on any atom is -0.480 e. The number of para-hydroxylation sites is 2. The first-order valence-electron chi connectivity index (χ1n) is 5.77. The summed E-state index contributed by atoms with van der Waals surface area (Å²) in [6, 6.07) is 6.33. The number of aromatic nitrogens is 2. The summed E-state index contributed by atoms with van der Waals surface area (Å²) in [6.07, 6.45) is 1.63. The Labute approximate surface area is 109 Å². The van der Waals surface area contributed by atoms with E-state index in [0.29, 0.717) is 11.2 Å². The van der Waals surface area contributed by atoms with Crippen molar-refractivity contribution in [1.29, 1.82) is 0 Å². The third kappa shape index (κ3) is 3.25. The quantitative estimate of drug-likeness (QED) is 0.845. The van der Waals surface area contributed by atoms with Crippen LogP contribution in [0.5, 0.6) is 0 Å². The van der Waals surface area contributed by atoms with E-state index >= 15 is 0 Å². The van der Waals surface area contributed by atoms with Gasteiger partial charge in [0.05, 0.1) is 16.7 Å². The summed E-state index contributed by atoms with van der Waals surface area (Å²) in [5.74, 6) is -1.48. The van der Waals surface area contributed by atoms with E-state index in [1.807, 2.05) is 18.2 Å². The third-order valence-electron chi connectivity index (χ3n) is 2.59. The van der Waals surface area contributed by atoms with Crippen LogP contribution in [0.3, 0.4) is 0 Å². The predicted octanol–water partition coefficient (Wildman–Crippen LogP) is 0.762. The fourth-order valence-corrected chi connectivity index (χ4v) is 1.75. The van der Waals surface area contributed by atoms with Gasteiger partial charge in [-0.15, -0.1) is 0 Å². The van der Waals surface area contributed by atoms with Crippen molar-refractivity contribution in [2.45, 2.75) is 19.4 Å². The molecule has 1 unspecified atom stereocenters. The molecule has 0 saturated heterocycles. The SMILES string of the molecule is CC(=O)NC(Cc1cnc2ccccc2n1)C(=O)O. The topological polar surface area (TPSA) is 92.2 Å². The molecular weight excluding hydrogens is 246 g/mol. The van der Waals surface area contributed by atoms with E-state index < -0.39 is 12.0 Å². The minimum absolute atomic E-state index is 0.104. The lowest BCUT2D eigenvalue weighted by molar-refractivity contribution is -0.141. The summed E-state index contributed by atoms with van der Waals surface area (Å²) in [6.45, 7) is 1.28. The average molecular weight is 259 g/mol. The van der Waals surface area contributed by atoms with Gasteiger partial charge in [-0.3, -0.25) is 9.78 Å². The van der Waals surface area contributed by atoms with E-state index in [4.69, 9.17) is 5.11 Å². The summed E-state index contributed by atoms with van der Waals surface area (Å²) >= 11 is 0. The molecule has 19 heavy (non-hydrogen) atoms. The molecule has 1 atom stereocenters. The van der Waals surface area contributed by atoms with Crippen LogP contribution >= 0.6 is 0 Å². The van der Waals surface area contributed by atoms with E-state index in [-0.39, 0.29) is 12.3 Å². The Hall–Kier alpha value is -2.50. The molecule has 1 aromatic carbocycles. The number of fused-ring (bicyclic) bond motifs is 1. The van der Waals surface area contributed by atoms with Crippen LogP contribution in [-0.4, -0.2) is 33.0 Å². The molecule has 2 aromatic rings. The molecular formula is C13H13N3O3. The molecule has 0 radical (unpaired) electrons. The standard InChI is InChI=1S/C13H13N3O3/c1-8(17)15-12(13(18)19)6-9-7-14-10-4-2-3-5-11(10)16-9/h2-5,7,12H,6H2,1H3,(H,15,17)(H,18,19). The molecule has 6 heteroatoms. The van der Waals surface area contributed by atoms with E-state index in [1.165, 1.54) is 13.1 Å². The fourth-order valence-electron chi connectivity index (χ4n) is 1.75. The molecule has 0 fully saturated rings. The number of carboxylic acid groups (broad SMARTS) is 1. The highest BCUT2D eigenvalue weighted by atomic mass is 16.4. The van der Waals surface area contributed by atoms with Gasteiger partial charge < -0.3 is 10.4 Å². The molecule has 2 N–H and O–H groups in total. The predicted molar refractivity (Wildman–Crippen MR) is 68.5 cm³/mol. The van der Waals surface area contributed by atoms with Gasteiger partial charge in [0.25, 0.3) is 0 Å². The first-order valence-corrected chi connectivity index (χ1v) is 5.77. The molecule has 1 heterocycles. The summed E-state index contributed by atoms with van der Waals surface area (Å²) < 4.78 is 0. The Morgan fingerprint density at radius 2 is 2.00 bits per heavy atom. The van der Waals surface area contributed by atoms with Gasteiger partial charge in [0.2, 0.25) is 5.91 Å². The van der Waals surface area contributed by atoms with Gasteiger partial charge in [-0.2, -0.15) is 0 Å². The maximum absolute atomic E-state index is 11.0. The van der Waals surface area contributed by atoms with Gasteiger partial charge in [-0.25, -0.2) is 9.78 Å². The van der Waals surface area contributed by atoms with Crippen molar-refractivity contribution in [3.8, 4) is 0 Å². The van der Waals surface area contributed by atoms with Crippen LogP contribution in [0.15, 0.2) is 30.5 Å². The number of carbonyl (C=O) groups excluding carboxylic acids is 1. The maximum Gasteiger partial charge on any atom is 0.326 e. The second-order valence-corrected chi connectivity index (χ2v) is 4.15. The Morgan fingerprint density at radius 3 is 2.63 bits per heavy atom. The first-order chi connectivity index (χ1) is 9.06. The molecule has 6 nitrogen and oxygen atoms in total. The molecule has 0 aliphatic rings. The van der Waals surface area contributed by atoms with Crippen LogP contribution in [0.2, 0.25) is 0 Å². The normalized spacial score (nSPS) is 12.1. The molecule has 98 valence electrons. The molecule has 0 aliphatic carbocycles. The lowest BCUT2D eigenvalue weighted by atomic mass is 10.1. The largest absolute Gasteiger partial charge is 0.480 e. The Morgan fingerprint density at radius 1 is 1.32 bits per heavy atom. The number of nitrogens with one attached hydrogen (secondary N) is 1. The Bertz CT molecular complexity index is 627. The van der Waals surface area contributed by atoms with Crippen molar-refractivity contribution in [1.82, 2.24) is 15.3 Å². The van der Waals surface area contributed by atoms with Crippen molar-refractivity contribution < 1.29 is 14.7 Å². The van der Waals surface area contributed by atoms with Crippen molar-refractivity contribution >= 4 is 22.9 Å². The summed E-state index contributed by atoms with van der Waals surface area (Å²) in [7, 11) is 0. The summed E-state index contributed by atoms with van der Waals surface area (Å²) in [4.78, 5) is 30.5. The van der Waals surface area contributed by atoms with Crippen molar-refractivity contribution in [2.24, 2.45) is 0 Å². The second kappa shape index (κ2) is 5.43. The average Bonchev–Trinajstić information content (AvgIpc) is 2.37. The number of rotatable bonds is 4. The van der Waals surface area contributed by atoms with Gasteiger partial charge in [0.15, 0.2) is 0 Å². The highest BCUT2D eigenvalue weighted by Gasteiger charge is 2.19. The fraction of sp³-hybridized carbons (Fsp3) is 0.231. The van der Waals surface area contributed by atoms with Gasteiger partial charge >= 0.3 is 5.97 Å². The second-order valence-electron chi connectivity index (χ2n) is 4.15. The number of benzene rings is 1.